The van der Waals surface area contributed by atoms with Crippen molar-refractivity contribution in [1.82, 2.24) is 4.90 Å². The molecule has 22 heavy (non-hydrogen) atoms. The number of nitrogens with zero attached hydrogens (tertiary/aromatic N) is 1. The highest BCUT2D eigenvalue weighted by molar-refractivity contribution is 5.85. The molecule has 0 amide bonds. The van der Waals surface area contributed by atoms with Gasteiger partial charge in [-0.25, -0.2) is 0 Å². The summed E-state index contributed by atoms with van der Waals surface area (Å²) in [6.45, 7) is 9.28. The predicted molar refractivity (Wildman–Crippen MR) is 90.1 cm³/mol. The van der Waals surface area contributed by atoms with E-state index in [9.17, 15) is 5.11 Å². The van der Waals surface area contributed by atoms with Crippen LogP contribution in [0.4, 0.5) is 0 Å². The summed E-state index contributed by atoms with van der Waals surface area (Å²) < 4.78 is 5.92. The van der Waals surface area contributed by atoms with Crippen LogP contribution >= 0.6 is 0 Å². The molecule has 3 heteroatoms. The van der Waals surface area contributed by atoms with Crippen molar-refractivity contribution in [2.45, 2.75) is 65.1 Å². The van der Waals surface area contributed by atoms with Gasteiger partial charge in [-0.15, -0.1) is 0 Å². The van der Waals surface area contributed by atoms with Crippen molar-refractivity contribution in [1.29, 1.82) is 0 Å². The molecule has 0 radical (unpaired) electrons. The van der Waals surface area contributed by atoms with Gasteiger partial charge in [0.1, 0.15) is 11.3 Å². The molecule has 2 aromatic rings. The Morgan fingerprint density at radius 1 is 1.23 bits per heavy atom. The maximum Gasteiger partial charge on any atom is 0.140 e. The minimum Gasteiger partial charge on any atom is -0.461 e. The molecule has 1 saturated heterocycles. The molecule has 1 N–H and O–H groups in total. The van der Waals surface area contributed by atoms with Crippen LogP contribution in [-0.2, 0) is 0 Å². The summed E-state index contributed by atoms with van der Waals surface area (Å²) in [5.74, 6) is 0.939. The summed E-state index contributed by atoms with van der Waals surface area (Å²) >= 11 is 0. The fraction of sp³-hybridized carbons (Fsp3) is 0.579. The zero-order valence-electron chi connectivity index (χ0n) is 14.1. The lowest BCUT2D eigenvalue weighted by Crippen LogP contribution is -2.45. The van der Waals surface area contributed by atoms with Gasteiger partial charge in [0, 0.05) is 29.6 Å². The molecule has 1 fully saturated rings. The van der Waals surface area contributed by atoms with Gasteiger partial charge in [0.25, 0.3) is 0 Å². The third-order valence-corrected chi connectivity index (χ3v) is 5.35. The minimum atomic E-state index is -0.503. The van der Waals surface area contributed by atoms with Crippen molar-refractivity contribution in [2.24, 2.45) is 0 Å². The summed E-state index contributed by atoms with van der Waals surface area (Å²) in [4.78, 5) is 2.44. The molecule has 1 aliphatic rings. The number of rotatable bonds is 3. The molecule has 1 aliphatic heterocycles. The number of benzene rings is 1. The van der Waals surface area contributed by atoms with E-state index in [1.807, 2.05) is 19.1 Å². The Labute approximate surface area is 132 Å². The van der Waals surface area contributed by atoms with Crippen LogP contribution in [0.25, 0.3) is 11.0 Å². The van der Waals surface area contributed by atoms with Crippen molar-refractivity contribution in [3.63, 3.8) is 0 Å². The van der Waals surface area contributed by atoms with Gasteiger partial charge >= 0.3 is 0 Å². The average molecular weight is 301 g/mol. The maximum atomic E-state index is 10.8. The van der Waals surface area contributed by atoms with Crippen molar-refractivity contribution < 1.29 is 9.52 Å². The van der Waals surface area contributed by atoms with Crippen LogP contribution in [0, 0.1) is 13.8 Å². The van der Waals surface area contributed by atoms with Gasteiger partial charge in [-0.2, -0.15) is 0 Å². The van der Waals surface area contributed by atoms with E-state index < -0.39 is 6.10 Å². The number of para-hydroxylation sites is 1. The van der Waals surface area contributed by atoms with Crippen molar-refractivity contribution in [3.8, 4) is 0 Å². The van der Waals surface area contributed by atoms with Crippen molar-refractivity contribution >= 4 is 11.0 Å². The molecular formula is C19H27NO2. The molecule has 0 spiro atoms. The Morgan fingerprint density at radius 2 is 1.91 bits per heavy atom. The third-order valence-electron chi connectivity index (χ3n) is 5.35. The third kappa shape index (κ3) is 2.68. The van der Waals surface area contributed by atoms with E-state index in [-0.39, 0.29) is 0 Å². The normalized spacial score (nSPS) is 24.8. The van der Waals surface area contributed by atoms with Crippen LogP contribution in [-0.4, -0.2) is 28.6 Å². The molecule has 3 rings (SSSR count). The number of aliphatic hydroxyl groups is 1. The summed E-state index contributed by atoms with van der Waals surface area (Å²) in [5, 5.41) is 11.9. The molecular weight excluding hydrogens is 274 g/mol. The minimum absolute atomic E-state index is 0.503. The number of likely N-dealkylation sites (tertiary alicyclic amines) is 1. The molecule has 2 heterocycles. The quantitative estimate of drug-likeness (QED) is 0.916. The van der Waals surface area contributed by atoms with Crippen LogP contribution in [0.5, 0.6) is 0 Å². The number of fused-ring (bicyclic) bond motifs is 1. The number of hydrogen-bond acceptors (Lipinski definition) is 3. The van der Waals surface area contributed by atoms with Crippen molar-refractivity contribution in [2.75, 3.05) is 6.54 Å². The largest absolute Gasteiger partial charge is 0.461 e. The number of aryl methyl sites for hydroxylation is 2. The highest BCUT2D eigenvalue weighted by Crippen LogP contribution is 2.32. The first-order chi connectivity index (χ1) is 10.5. The lowest BCUT2D eigenvalue weighted by molar-refractivity contribution is 0.0414. The zero-order chi connectivity index (χ0) is 15.9. The standard InChI is InChI=1S/C19H27NO2/c1-12-7-5-8-13(2)20(12)11-18(21)17-10-6-9-16-14(3)15(4)22-19(16)17/h6,9-10,12-13,18,21H,5,7-8,11H2,1-4H3. The van der Waals surface area contributed by atoms with E-state index >= 15 is 0 Å². The van der Waals surface area contributed by atoms with Crippen LogP contribution in [0.2, 0.25) is 0 Å². The molecule has 3 atom stereocenters. The molecule has 0 aliphatic carbocycles. The van der Waals surface area contributed by atoms with E-state index in [0.717, 1.165) is 22.3 Å². The second-order valence-electron chi connectivity index (χ2n) is 6.85. The highest BCUT2D eigenvalue weighted by atomic mass is 16.3. The lowest BCUT2D eigenvalue weighted by atomic mass is 9.96. The lowest BCUT2D eigenvalue weighted by Gasteiger charge is -2.40. The first-order valence-corrected chi connectivity index (χ1v) is 8.41. The first-order valence-electron chi connectivity index (χ1n) is 8.41. The van der Waals surface area contributed by atoms with Gasteiger partial charge in [-0.1, -0.05) is 24.6 Å². The highest BCUT2D eigenvalue weighted by Gasteiger charge is 2.28. The van der Waals surface area contributed by atoms with Gasteiger partial charge in [0.15, 0.2) is 0 Å². The van der Waals surface area contributed by atoms with Gasteiger partial charge in [-0.3, -0.25) is 4.90 Å². The Balaban J connectivity index is 1.89. The van der Waals surface area contributed by atoms with E-state index in [1.165, 1.54) is 24.8 Å². The topological polar surface area (TPSA) is 36.6 Å². The Morgan fingerprint density at radius 3 is 2.59 bits per heavy atom. The molecule has 3 unspecified atom stereocenters. The molecule has 0 saturated carbocycles. The molecule has 1 aromatic carbocycles. The van der Waals surface area contributed by atoms with Gasteiger partial charge in [-0.05, 0) is 46.1 Å². The predicted octanol–water partition coefficient (Wildman–Crippen LogP) is 4.35. The Kier molecular flexibility index (Phi) is 4.28. The first kappa shape index (κ1) is 15.6. The maximum absolute atomic E-state index is 10.8. The molecule has 3 nitrogen and oxygen atoms in total. The van der Waals surface area contributed by atoms with E-state index in [2.05, 4.69) is 31.7 Å². The zero-order valence-corrected chi connectivity index (χ0v) is 14.1. The van der Waals surface area contributed by atoms with Gasteiger partial charge in [0.2, 0.25) is 0 Å². The SMILES string of the molecule is Cc1oc2c(C(O)CN3C(C)CCCC3C)cccc2c1C. The van der Waals surface area contributed by atoms with Crippen molar-refractivity contribution in [3.05, 3.63) is 35.1 Å². The van der Waals surface area contributed by atoms with Gasteiger partial charge in [0.05, 0.1) is 6.10 Å². The van der Waals surface area contributed by atoms with Gasteiger partial charge < -0.3 is 9.52 Å². The van der Waals surface area contributed by atoms with Crippen LogP contribution in [0.1, 0.15) is 56.1 Å². The van der Waals surface area contributed by atoms with Crippen LogP contribution in [0.15, 0.2) is 22.6 Å². The molecule has 120 valence electrons. The monoisotopic (exact) mass is 301 g/mol. The van der Waals surface area contributed by atoms with E-state index in [4.69, 9.17) is 4.42 Å². The summed E-state index contributed by atoms with van der Waals surface area (Å²) in [7, 11) is 0. The average Bonchev–Trinajstić information content (AvgIpc) is 2.78. The fourth-order valence-electron chi connectivity index (χ4n) is 3.78. The molecule has 0 bridgehead atoms. The van der Waals surface area contributed by atoms with E-state index in [1.54, 1.807) is 0 Å². The second kappa shape index (κ2) is 6.05. The number of aliphatic hydroxyl groups excluding tert-OH is 1. The number of hydrogen-bond donors (Lipinski definition) is 1. The Hall–Kier alpha value is -1.32. The number of piperidine rings is 1. The summed E-state index contributed by atoms with van der Waals surface area (Å²) in [5.41, 5.74) is 2.93. The molecule has 1 aromatic heterocycles. The smallest absolute Gasteiger partial charge is 0.140 e. The second-order valence-corrected chi connectivity index (χ2v) is 6.85. The van der Waals surface area contributed by atoms with Crippen LogP contribution < -0.4 is 0 Å². The number of β-amino-alcohol motifs (C(OH)–C–C–N with tert-alkyl or cyclic N) is 1. The summed E-state index contributed by atoms with van der Waals surface area (Å²) in [6, 6.07) is 7.17. The number of furan rings is 1. The Bertz CT molecular complexity index is 651. The van der Waals surface area contributed by atoms with Crippen LogP contribution in [0.3, 0.4) is 0 Å². The van der Waals surface area contributed by atoms with E-state index in [0.29, 0.717) is 18.6 Å². The fourth-order valence-corrected chi connectivity index (χ4v) is 3.78. The summed E-state index contributed by atoms with van der Waals surface area (Å²) in [6.07, 6.45) is 3.23.